The number of aromatic nitrogens is 13. The van der Waals surface area contributed by atoms with E-state index in [0.717, 1.165) is 87.8 Å². The molecule has 35 nitrogen and oxygen atoms in total. The number of Topliss-reactive ketones (excluding diaryl/α,β-unsaturated/α-hetero) is 1. The minimum absolute atomic E-state index is 0. The van der Waals surface area contributed by atoms with Gasteiger partial charge < -0.3 is 38.9 Å². The largest absolute Gasteiger partial charge is 1.00 e. The van der Waals surface area contributed by atoms with E-state index in [1.165, 1.54) is 68.3 Å². The molecule has 0 saturated heterocycles. The number of thiocyanates is 2. The minimum atomic E-state index is -4.67. The molecule has 0 bridgehead atoms. The van der Waals surface area contributed by atoms with E-state index >= 15 is 0 Å². The summed E-state index contributed by atoms with van der Waals surface area (Å²) in [5.74, 6) is 1.15. The minimum Gasteiger partial charge on any atom is -0.696 e. The number of nitrogens with one attached hydrogen (secondary N) is 1. The maximum Gasteiger partial charge on any atom is 1.00 e. The van der Waals surface area contributed by atoms with Gasteiger partial charge in [0.1, 0.15) is 22.4 Å². The number of anilines is 2. The van der Waals surface area contributed by atoms with E-state index in [2.05, 4.69) is 70.7 Å². The molecule has 0 unspecified atom stereocenters. The summed E-state index contributed by atoms with van der Waals surface area (Å²) in [5, 5.41) is 67.0. The van der Waals surface area contributed by atoms with Gasteiger partial charge in [-0.2, -0.15) is 18.8 Å². The summed E-state index contributed by atoms with van der Waals surface area (Å²) in [4.78, 5) is 97.1. The monoisotopic (exact) mass is 2040 g/mol. The van der Waals surface area contributed by atoms with Crippen molar-refractivity contribution < 1.29 is 123 Å². The summed E-state index contributed by atoms with van der Waals surface area (Å²) in [7, 11) is -4.67. The number of carbonyl (C=O) groups excluding carboxylic acids is 2. The van der Waals surface area contributed by atoms with Crippen molar-refractivity contribution >= 4 is 226 Å². The van der Waals surface area contributed by atoms with Crippen LogP contribution in [0.4, 0.5) is 22.2 Å². The van der Waals surface area contributed by atoms with Crippen LogP contribution in [0.1, 0.15) is 52.5 Å². The quantitative estimate of drug-likeness (QED) is 0.00508. The Balaban J connectivity index is 0.000000325. The molecule has 0 amide bonds. The molecule has 0 aliphatic carbocycles. The number of nitro benzene ring substituents is 2. The van der Waals surface area contributed by atoms with Crippen LogP contribution in [0.5, 0.6) is 0 Å². The van der Waals surface area contributed by atoms with Gasteiger partial charge in [-0.25, -0.2) is 20.2 Å². The number of rotatable bonds is 15. The molecule has 0 atom stereocenters. The van der Waals surface area contributed by atoms with Crippen LogP contribution in [-0.2, 0) is 49.0 Å². The van der Waals surface area contributed by atoms with Gasteiger partial charge in [-0.05, 0) is 160 Å². The zero-order chi connectivity index (χ0) is 93.2. The van der Waals surface area contributed by atoms with Gasteiger partial charge >= 0.3 is 97.3 Å². The molecule has 7 aromatic carbocycles. The van der Waals surface area contributed by atoms with Gasteiger partial charge in [0, 0.05) is 65.9 Å². The fraction of sp³-hybridized carbons (Fsp3) is 0.138. The van der Waals surface area contributed by atoms with E-state index in [-0.39, 0.29) is 145 Å². The second kappa shape index (κ2) is 56.2. The van der Waals surface area contributed by atoms with Crippen LogP contribution < -0.4 is 104 Å². The third-order valence-corrected chi connectivity index (χ3v) is 23.1. The van der Waals surface area contributed by atoms with E-state index in [1.807, 2.05) is 150 Å². The number of nitro groups is 2. The predicted molar refractivity (Wildman–Crippen MR) is 510 cm³/mol. The number of nitrogens with two attached hydrogens (primary N) is 2. The maximum atomic E-state index is 13.0. The van der Waals surface area contributed by atoms with Gasteiger partial charge in [0.05, 0.1) is 91.7 Å². The zero-order valence-corrected chi connectivity index (χ0v) is 84.7. The molecule has 16 rings (SSSR count). The number of esters is 1. The second-order valence-electron chi connectivity index (χ2n) is 25.0. The molecule has 50 heteroatoms. The molecule has 0 aliphatic heterocycles. The number of pyridine rings is 2. The third kappa shape index (κ3) is 32.6. The first kappa shape index (κ1) is 113. The molecular weight excluding hydrogens is 1980 g/mol. The molecular formula is C80H69Cl5KN20NaO15S8. The van der Waals surface area contributed by atoms with Crippen molar-refractivity contribution in [1.82, 2.24) is 63.3 Å². The Bertz CT molecular complexity index is 6990. The Kier molecular flexibility index (Phi) is 48.6. The molecule has 0 fully saturated rings. The normalized spacial score (nSPS) is 10.0. The molecule has 0 spiro atoms. The number of nitrogen functional groups attached to an aromatic ring is 2. The molecule has 9 aromatic heterocycles. The average molecular weight is 2050 g/mol. The number of ketones is 1. The van der Waals surface area contributed by atoms with Crippen LogP contribution in [-0.4, -0.2) is 115 Å². The number of aryl methyl sites for hydroxylation is 5. The van der Waals surface area contributed by atoms with Crippen molar-refractivity contribution in [2.45, 2.75) is 69.6 Å². The van der Waals surface area contributed by atoms with Crippen LogP contribution in [0.3, 0.4) is 0 Å². The van der Waals surface area contributed by atoms with E-state index < -0.39 is 26.2 Å². The molecule has 664 valence electrons. The van der Waals surface area contributed by atoms with Crippen molar-refractivity contribution in [3.05, 3.63) is 306 Å². The number of H-pyrrole nitrogens is 1. The van der Waals surface area contributed by atoms with Gasteiger partial charge in [-0.15, -0.1) is 51.1 Å². The number of halogens is 5. The fourth-order valence-corrected chi connectivity index (χ4v) is 16.3. The molecule has 0 aliphatic rings. The summed E-state index contributed by atoms with van der Waals surface area (Å²) in [6.07, 6.45) is 6.64. The first-order chi connectivity index (χ1) is 60.7. The van der Waals surface area contributed by atoms with Crippen LogP contribution >= 0.6 is 129 Å². The Morgan fingerprint density at radius 2 is 1.11 bits per heavy atom. The van der Waals surface area contributed by atoms with Crippen LogP contribution in [0.2, 0.25) is 10.0 Å². The number of carbonyl (C=O) groups is 2. The summed E-state index contributed by atoms with van der Waals surface area (Å²) in [6, 6.07) is 53.1. The predicted octanol–water partition coefficient (Wildman–Crippen LogP) is 13.3. The summed E-state index contributed by atoms with van der Waals surface area (Å²) < 4.78 is 47.0. The average Bonchev–Trinajstić information content (AvgIpc) is 1.61. The van der Waals surface area contributed by atoms with Crippen LogP contribution in [0, 0.1) is 91.1 Å². The van der Waals surface area contributed by atoms with Gasteiger partial charge in [0.25, 0.3) is 22.5 Å². The number of thiazole rings is 3. The first-order valence-electron chi connectivity index (χ1n) is 35.9. The summed E-state index contributed by atoms with van der Waals surface area (Å²) in [5.41, 5.74) is 23.6. The van der Waals surface area contributed by atoms with Crippen molar-refractivity contribution in [1.29, 1.82) is 10.5 Å². The topological polar surface area (TPSA) is 528 Å². The fourth-order valence-electron chi connectivity index (χ4n) is 11.0. The Labute approximate surface area is 862 Å². The molecule has 0 radical (unpaired) electrons. The molecule has 16 aromatic rings. The number of benzene rings is 7. The summed E-state index contributed by atoms with van der Waals surface area (Å²) in [6.45, 7) is 11.6. The van der Waals surface area contributed by atoms with Gasteiger partial charge in [0.2, 0.25) is 0 Å². The number of fused-ring (bicyclic) bond motifs is 7. The van der Waals surface area contributed by atoms with Crippen molar-refractivity contribution in [3.63, 3.8) is 0 Å². The maximum absolute atomic E-state index is 13.0. The number of hydrogen-bond donors (Lipinski definition) is 5. The number of hydrogen-bond acceptors (Lipinski definition) is 33. The molecule has 7 N–H and O–H groups in total. The van der Waals surface area contributed by atoms with Crippen LogP contribution in [0.15, 0.2) is 226 Å². The zero-order valence-electron chi connectivity index (χ0n) is 69.2. The number of thioether (sulfide) groups is 2. The first-order valence-corrected chi connectivity index (χ1v) is 44.2. The number of alkyl halides is 2. The Morgan fingerprint density at radius 1 is 0.662 bits per heavy atom. The van der Waals surface area contributed by atoms with Gasteiger partial charge in [-0.1, -0.05) is 159 Å². The Morgan fingerprint density at radius 3 is 1.58 bits per heavy atom. The van der Waals surface area contributed by atoms with Gasteiger partial charge in [0.15, 0.2) is 42.4 Å². The number of para-hydroxylation sites is 3. The number of nitriles is 2. The van der Waals surface area contributed by atoms with E-state index in [9.17, 15) is 39.4 Å². The second-order valence-corrected chi connectivity index (χ2v) is 32.5. The van der Waals surface area contributed by atoms with E-state index in [1.54, 1.807) is 96.0 Å². The van der Waals surface area contributed by atoms with Crippen molar-refractivity contribution in [2.24, 2.45) is 5.34 Å². The standard InChI is InChI=1S/C25H17ClN6OS2.C13H9ClN4S.C12H9ClN2OS.C8H6N2O2S.C8H8N2S.C7H8N2O2.C6H9ClO3.CHNS.ClH.K.HNO2.Na.H2O4S/c1-15-5-4-8-20-22(15)35-24-28-17(13-21(33)31(20)24)14-34-25-30-29-23(16-9-11-27-12-10-16)32(25)19-7-3-2-6-18(19)26;14-10-3-1-2-4-11(10)18-12(16-17-13(18)19)9-5-7-15-8-6-9;1-7-3-2-4-9-11(7)17-12-14-8(6-13)5-10(16)15(9)12;1-6-3-2-4-7(10(11)12)8(6)13-5-9;1-5-3-2-4-6-7(5)11-8(9)10-6;1-5-3-2-4-6(7(5)8)9(10)11;1-2-10-6(9)3-5(8)4-7;2-1-3;;;2-1-3;;1-5(2,3)4/h2-13H,14H2,1H3;1-8H,(H,17,19);2-5H,6H2,1H3;2-4H,1H3;2-4H,1H3,(H2,9,10);2-4H,8H2,1H3;2-4H2,1H3;3H;1H;;(H,2,3);;(H2,1,2,3,4)/q;;;;;;;;;+1;;+1;/p-2. The van der Waals surface area contributed by atoms with Crippen molar-refractivity contribution in [3.8, 4) is 45.0 Å². The molecule has 0 saturated carbocycles. The van der Waals surface area contributed by atoms with Crippen molar-refractivity contribution in [2.75, 3.05) is 24.0 Å². The Hall–Kier alpha value is -9.77. The van der Waals surface area contributed by atoms with Crippen LogP contribution in [0.25, 0.3) is 74.7 Å². The van der Waals surface area contributed by atoms with E-state index in [4.69, 9.17) is 113 Å². The molecule has 9 heterocycles. The van der Waals surface area contributed by atoms with Gasteiger partial charge in [-0.3, -0.25) is 81.5 Å². The number of ether oxygens (including phenoxy) is 1. The number of aromatic amines is 1. The summed E-state index contributed by atoms with van der Waals surface area (Å²) >= 11 is 39.5. The smallest absolute Gasteiger partial charge is 0.696 e. The van der Waals surface area contributed by atoms with E-state index in [0.29, 0.717) is 75.3 Å². The number of nitrogens with zero attached hydrogens (tertiary/aromatic N) is 17. The third-order valence-electron chi connectivity index (χ3n) is 16.4. The molecule has 130 heavy (non-hydrogen) atoms. The SMILES string of the molecule is CCOC(=O)CC(=O)CCl.Cc1cccc([N+](=O)[O-])c1N.Cc1cccc([N+](=O)[O-])c1SC#N.Cc1cccc2c1sc1nc(CCl)cc(=O)n12.Cc1cccc2c1sc1nc(CSc3nnc(-c4ccncc4)n3-c3ccccc3Cl)cc(=O)n12.Cc1cccc2nc(N)sc12.Cl.N#C[S-].O=N[O-].O=S(=O)(O)O.S=c1[nH]nc(-c2ccncc2)n1-c1ccccc1Cl.[K+].[Na+].